The predicted octanol–water partition coefficient (Wildman–Crippen LogP) is 3.30. The van der Waals surface area contributed by atoms with Crippen molar-refractivity contribution < 1.29 is 4.79 Å². The van der Waals surface area contributed by atoms with Crippen LogP contribution in [0.4, 0.5) is 0 Å². The average molecular weight is 340 g/mol. The number of Topliss-reactive ketones (excluding diaryl/α,β-unsaturated/α-hetero) is 1. The Balaban J connectivity index is 1.51. The second kappa shape index (κ2) is 7.57. The van der Waals surface area contributed by atoms with Gasteiger partial charge in [-0.1, -0.05) is 19.9 Å². The zero-order valence-electron chi connectivity index (χ0n) is 13.8. The molecule has 124 valence electrons. The van der Waals surface area contributed by atoms with Crippen molar-refractivity contribution in [1.82, 2.24) is 15.2 Å². The lowest BCUT2D eigenvalue weighted by Gasteiger charge is -2.11. The van der Waals surface area contributed by atoms with Crippen molar-refractivity contribution in [3.8, 4) is 0 Å². The highest BCUT2D eigenvalue weighted by Gasteiger charge is 2.23. The Hall–Kier alpha value is -2.21. The van der Waals surface area contributed by atoms with Crippen LogP contribution in [0.25, 0.3) is 5.57 Å². The van der Waals surface area contributed by atoms with E-state index in [9.17, 15) is 4.79 Å². The van der Waals surface area contributed by atoms with Gasteiger partial charge < -0.3 is 0 Å². The molecule has 1 unspecified atom stereocenters. The predicted molar refractivity (Wildman–Crippen MR) is 97.9 cm³/mol. The number of hydrogen-bond acceptors (Lipinski definition) is 5. The maximum Gasteiger partial charge on any atom is 0.149 e. The number of hydrogen-bond donors (Lipinski definition) is 1. The summed E-state index contributed by atoms with van der Waals surface area (Å²) in [4.78, 5) is 20.8. The summed E-state index contributed by atoms with van der Waals surface area (Å²) in [5.41, 5.74) is 4.11. The lowest BCUT2D eigenvalue weighted by atomic mass is 9.99. The summed E-state index contributed by atoms with van der Waals surface area (Å²) in [6.45, 7) is 4.16. The molecule has 1 N–H and O–H groups in total. The number of aliphatic imine (C=N–C) groups is 1. The minimum absolute atomic E-state index is 0.177. The molecule has 0 fully saturated rings. The topological polar surface area (TPSA) is 71.0 Å². The number of thioether (sulfide) groups is 1. The van der Waals surface area contributed by atoms with Gasteiger partial charge in [-0.2, -0.15) is 5.10 Å². The van der Waals surface area contributed by atoms with E-state index >= 15 is 0 Å². The molecule has 3 rings (SSSR count). The lowest BCUT2D eigenvalue weighted by molar-refractivity contribution is -0.116. The molecule has 0 saturated heterocycles. The maximum atomic E-state index is 12.2. The third-order valence-corrected chi connectivity index (χ3v) is 5.20. The molecule has 0 bridgehead atoms. The molecule has 6 heteroatoms. The van der Waals surface area contributed by atoms with E-state index in [1.165, 1.54) is 11.8 Å². The normalized spacial score (nSPS) is 16.8. The quantitative estimate of drug-likeness (QED) is 0.876. The first-order valence-corrected chi connectivity index (χ1v) is 9.01. The van der Waals surface area contributed by atoms with Gasteiger partial charge in [0.25, 0.3) is 0 Å². The number of ketones is 1. The summed E-state index contributed by atoms with van der Waals surface area (Å²) < 4.78 is 0. The minimum Gasteiger partial charge on any atom is -0.298 e. The van der Waals surface area contributed by atoms with E-state index in [-0.39, 0.29) is 11.7 Å². The molecule has 0 amide bonds. The molecule has 0 spiro atoms. The fraction of sp³-hybridized carbons (Fsp3) is 0.333. The van der Waals surface area contributed by atoms with Gasteiger partial charge in [0, 0.05) is 36.6 Å². The summed E-state index contributed by atoms with van der Waals surface area (Å²) in [5.74, 6) is 0.805. The number of nitrogens with one attached hydrogen (secondary N) is 1. The Bertz CT molecular complexity index is 779. The van der Waals surface area contributed by atoms with Gasteiger partial charge in [-0.15, -0.1) is 11.8 Å². The molecule has 2 aromatic rings. The highest BCUT2D eigenvalue weighted by atomic mass is 32.2. The van der Waals surface area contributed by atoms with Crippen LogP contribution < -0.4 is 0 Å². The molecule has 0 radical (unpaired) electrons. The summed E-state index contributed by atoms with van der Waals surface area (Å²) in [7, 11) is 0. The van der Waals surface area contributed by atoms with Crippen molar-refractivity contribution in [2.45, 2.75) is 26.7 Å². The van der Waals surface area contributed by atoms with Crippen LogP contribution in [0.5, 0.6) is 0 Å². The van der Waals surface area contributed by atoms with Gasteiger partial charge in [0.2, 0.25) is 0 Å². The molecule has 1 aliphatic rings. The fourth-order valence-electron chi connectivity index (χ4n) is 2.61. The molecular weight excluding hydrogens is 320 g/mol. The number of carbonyl (C=O) groups is 1. The molecule has 5 nitrogen and oxygen atoms in total. The van der Waals surface area contributed by atoms with Crippen LogP contribution in [-0.4, -0.2) is 31.8 Å². The van der Waals surface area contributed by atoms with Crippen molar-refractivity contribution in [2.75, 3.05) is 5.75 Å². The Morgan fingerprint density at radius 1 is 1.42 bits per heavy atom. The number of aromatic nitrogens is 3. The minimum atomic E-state index is 0.177. The SMILES string of the molecule is CCc1cc(CC(=O)CSC2=NC=C(c3cccnc3)C2C)[nH]n1. The van der Waals surface area contributed by atoms with Gasteiger partial charge >= 0.3 is 0 Å². The lowest BCUT2D eigenvalue weighted by Crippen LogP contribution is -2.11. The first kappa shape index (κ1) is 16.6. The number of carbonyl (C=O) groups excluding carboxylic acids is 1. The third-order valence-electron chi connectivity index (χ3n) is 3.98. The molecular formula is C18H20N4OS. The number of aryl methyl sites for hydroxylation is 1. The number of nitrogens with zero attached hydrogens (tertiary/aromatic N) is 3. The summed E-state index contributed by atoms with van der Waals surface area (Å²) in [5, 5.41) is 8.07. The molecule has 1 aliphatic heterocycles. The second-order valence-electron chi connectivity index (χ2n) is 5.76. The zero-order chi connectivity index (χ0) is 16.9. The van der Waals surface area contributed by atoms with Crippen LogP contribution in [0.2, 0.25) is 0 Å². The van der Waals surface area contributed by atoms with E-state index in [4.69, 9.17) is 0 Å². The van der Waals surface area contributed by atoms with Gasteiger partial charge in [-0.25, -0.2) is 0 Å². The standard InChI is InChI=1S/C18H20N4OS/c1-3-14-7-15(22-21-14)8-16(23)11-24-18-12(2)17(10-20-18)13-5-4-6-19-9-13/h4-7,9-10,12H,3,8,11H2,1-2H3,(H,21,22). The van der Waals surface area contributed by atoms with E-state index in [1.807, 2.05) is 37.5 Å². The third kappa shape index (κ3) is 3.82. The van der Waals surface area contributed by atoms with Gasteiger partial charge in [-0.05, 0) is 29.7 Å². The van der Waals surface area contributed by atoms with Crippen molar-refractivity contribution in [3.63, 3.8) is 0 Å². The first-order valence-electron chi connectivity index (χ1n) is 8.03. The summed E-state index contributed by atoms with van der Waals surface area (Å²) >= 11 is 1.52. The molecule has 0 aromatic carbocycles. The Morgan fingerprint density at radius 2 is 2.29 bits per heavy atom. The monoisotopic (exact) mass is 340 g/mol. The highest BCUT2D eigenvalue weighted by molar-refractivity contribution is 8.14. The maximum absolute atomic E-state index is 12.2. The van der Waals surface area contributed by atoms with Crippen LogP contribution in [0.3, 0.4) is 0 Å². The number of pyridine rings is 1. The van der Waals surface area contributed by atoms with Crippen LogP contribution >= 0.6 is 11.8 Å². The number of allylic oxidation sites excluding steroid dienone is 1. The Labute approximate surface area is 145 Å². The van der Waals surface area contributed by atoms with E-state index in [1.54, 1.807) is 6.20 Å². The molecule has 2 aromatic heterocycles. The molecule has 0 saturated carbocycles. The van der Waals surface area contributed by atoms with Crippen molar-refractivity contribution in [2.24, 2.45) is 10.9 Å². The zero-order valence-corrected chi connectivity index (χ0v) is 14.6. The summed E-state index contributed by atoms with van der Waals surface area (Å²) in [6.07, 6.45) is 6.76. The van der Waals surface area contributed by atoms with Crippen molar-refractivity contribution in [3.05, 3.63) is 53.7 Å². The van der Waals surface area contributed by atoms with Gasteiger partial charge in [-0.3, -0.25) is 19.9 Å². The van der Waals surface area contributed by atoms with Crippen LogP contribution in [0.15, 0.2) is 41.8 Å². The summed E-state index contributed by atoms with van der Waals surface area (Å²) in [6, 6.07) is 5.92. The van der Waals surface area contributed by atoms with Crippen molar-refractivity contribution >= 4 is 28.2 Å². The van der Waals surface area contributed by atoms with Gasteiger partial charge in [0.1, 0.15) is 5.78 Å². The van der Waals surface area contributed by atoms with E-state index < -0.39 is 0 Å². The van der Waals surface area contributed by atoms with Crippen LogP contribution in [0, 0.1) is 5.92 Å². The Morgan fingerprint density at radius 3 is 3.00 bits per heavy atom. The van der Waals surface area contributed by atoms with Crippen LogP contribution in [-0.2, 0) is 17.6 Å². The number of aromatic amines is 1. The van der Waals surface area contributed by atoms with E-state index in [2.05, 4.69) is 27.1 Å². The van der Waals surface area contributed by atoms with Gasteiger partial charge in [0.15, 0.2) is 0 Å². The molecule has 1 atom stereocenters. The second-order valence-corrected chi connectivity index (χ2v) is 6.75. The number of rotatable bonds is 6. The largest absolute Gasteiger partial charge is 0.298 e. The molecule has 24 heavy (non-hydrogen) atoms. The highest BCUT2D eigenvalue weighted by Crippen LogP contribution is 2.32. The smallest absolute Gasteiger partial charge is 0.149 e. The van der Waals surface area contributed by atoms with Crippen molar-refractivity contribution in [1.29, 1.82) is 0 Å². The molecule has 0 aliphatic carbocycles. The van der Waals surface area contributed by atoms with Crippen LogP contribution in [0.1, 0.15) is 30.8 Å². The fourth-order valence-corrected chi connectivity index (χ4v) is 3.52. The average Bonchev–Trinajstić information content (AvgIpc) is 3.20. The first-order chi connectivity index (χ1) is 11.7. The van der Waals surface area contributed by atoms with E-state index in [0.717, 1.165) is 34.0 Å². The molecule has 3 heterocycles. The Kier molecular flexibility index (Phi) is 5.25. The number of H-pyrrole nitrogens is 1. The van der Waals surface area contributed by atoms with E-state index in [0.29, 0.717) is 12.2 Å². The van der Waals surface area contributed by atoms with Gasteiger partial charge in [0.05, 0.1) is 16.5 Å².